The summed E-state index contributed by atoms with van der Waals surface area (Å²) in [5.74, 6) is 1.40. The molecule has 0 unspecified atom stereocenters. The molecule has 3 aliphatic rings. The Bertz CT molecular complexity index is 872. The van der Waals surface area contributed by atoms with E-state index in [2.05, 4.69) is 9.97 Å². The van der Waals surface area contributed by atoms with Gasteiger partial charge in [-0.2, -0.15) is 0 Å². The summed E-state index contributed by atoms with van der Waals surface area (Å²) >= 11 is 0. The van der Waals surface area contributed by atoms with Crippen LogP contribution in [0.1, 0.15) is 24.1 Å². The van der Waals surface area contributed by atoms with Crippen molar-refractivity contribution in [3.8, 4) is 11.6 Å². The van der Waals surface area contributed by atoms with Crippen LogP contribution in [0, 0.1) is 6.92 Å². The SMILES string of the molecule is Cc1cncc(O[C@@H]2CCOC3(C2)CN(C(=O)[C@@H]2Cc4ccccc4O2)C3)n1. The van der Waals surface area contributed by atoms with Gasteiger partial charge in [-0.3, -0.25) is 9.78 Å². The molecule has 0 N–H and O–H groups in total. The zero-order chi connectivity index (χ0) is 19.1. The molecule has 1 amide bonds. The summed E-state index contributed by atoms with van der Waals surface area (Å²) in [6, 6.07) is 7.84. The van der Waals surface area contributed by atoms with E-state index in [1.54, 1.807) is 12.4 Å². The molecule has 2 aromatic rings. The van der Waals surface area contributed by atoms with Crippen LogP contribution in [-0.2, 0) is 16.0 Å². The van der Waals surface area contributed by atoms with E-state index in [-0.39, 0.29) is 17.6 Å². The van der Waals surface area contributed by atoms with Gasteiger partial charge < -0.3 is 19.1 Å². The number of hydrogen-bond donors (Lipinski definition) is 0. The maximum atomic E-state index is 12.8. The predicted molar refractivity (Wildman–Crippen MR) is 100 cm³/mol. The highest BCUT2D eigenvalue weighted by Gasteiger charge is 2.51. The summed E-state index contributed by atoms with van der Waals surface area (Å²) in [7, 11) is 0. The van der Waals surface area contributed by atoms with Crippen LogP contribution in [0.5, 0.6) is 11.6 Å². The number of nitrogens with zero attached hydrogens (tertiary/aromatic N) is 3. The molecule has 0 bridgehead atoms. The van der Waals surface area contributed by atoms with Crippen molar-refractivity contribution in [1.82, 2.24) is 14.9 Å². The van der Waals surface area contributed by atoms with Gasteiger partial charge in [0.2, 0.25) is 5.88 Å². The quantitative estimate of drug-likeness (QED) is 0.809. The first-order chi connectivity index (χ1) is 13.6. The molecule has 5 rings (SSSR count). The zero-order valence-corrected chi connectivity index (χ0v) is 15.8. The number of rotatable bonds is 3. The van der Waals surface area contributed by atoms with Crippen LogP contribution in [0.3, 0.4) is 0 Å². The molecular formula is C21H23N3O4. The van der Waals surface area contributed by atoms with E-state index in [0.717, 1.165) is 29.8 Å². The lowest BCUT2D eigenvalue weighted by atomic mass is 9.84. The Labute approximate surface area is 163 Å². The van der Waals surface area contributed by atoms with Gasteiger partial charge in [-0.05, 0) is 18.6 Å². The molecule has 7 heteroatoms. The van der Waals surface area contributed by atoms with Gasteiger partial charge in [0.15, 0.2) is 6.10 Å². The number of carbonyl (C=O) groups is 1. The Morgan fingerprint density at radius 2 is 2.14 bits per heavy atom. The fraction of sp³-hybridized carbons (Fsp3) is 0.476. The second-order valence-corrected chi connectivity index (χ2v) is 7.88. The van der Waals surface area contributed by atoms with Crippen molar-refractivity contribution in [3.05, 3.63) is 47.9 Å². The highest BCUT2D eigenvalue weighted by atomic mass is 16.5. The van der Waals surface area contributed by atoms with E-state index in [4.69, 9.17) is 14.2 Å². The van der Waals surface area contributed by atoms with Crippen LogP contribution >= 0.6 is 0 Å². The van der Waals surface area contributed by atoms with E-state index in [0.29, 0.717) is 32.0 Å². The van der Waals surface area contributed by atoms with Crippen molar-refractivity contribution in [1.29, 1.82) is 0 Å². The van der Waals surface area contributed by atoms with Crippen LogP contribution in [0.4, 0.5) is 0 Å². The van der Waals surface area contributed by atoms with Crippen LogP contribution in [0.25, 0.3) is 0 Å². The highest BCUT2D eigenvalue weighted by Crippen LogP contribution is 2.37. The molecule has 2 saturated heterocycles. The Balaban J connectivity index is 1.18. The summed E-state index contributed by atoms with van der Waals surface area (Å²) in [4.78, 5) is 23.2. The summed E-state index contributed by atoms with van der Waals surface area (Å²) < 4.78 is 17.9. The number of carbonyl (C=O) groups excluding carboxylic acids is 1. The smallest absolute Gasteiger partial charge is 0.264 e. The maximum Gasteiger partial charge on any atom is 0.264 e. The van der Waals surface area contributed by atoms with Gasteiger partial charge in [-0.1, -0.05) is 18.2 Å². The molecule has 28 heavy (non-hydrogen) atoms. The van der Waals surface area contributed by atoms with Crippen LogP contribution in [0.2, 0.25) is 0 Å². The summed E-state index contributed by atoms with van der Waals surface area (Å²) in [6.45, 7) is 3.68. The number of para-hydroxylation sites is 1. The molecule has 1 aromatic carbocycles. The van der Waals surface area contributed by atoms with E-state index >= 15 is 0 Å². The minimum atomic E-state index is -0.423. The average Bonchev–Trinajstić information content (AvgIpc) is 3.10. The normalized spacial score (nSPS) is 25.0. The van der Waals surface area contributed by atoms with Gasteiger partial charge in [0.25, 0.3) is 5.91 Å². The van der Waals surface area contributed by atoms with Crippen molar-refractivity contribution < 1.29 is 19.0 Å². The summed E-state index contributed by atoms with van der Waals surface area (Å²) in [5, 5.41) is 0. The topological polar surface area (TPSA) is 73.8 Å². The number of amides is 1. The molecule has 146 valence electrons. The lowest BCUT2D eigenvalue weighted by Gasteiger charge is -2.53. The highest BCUT2D eigenvalue weighted by molar-refractivity contribution is 5.83. The first-order valence-electron chi connectivity index (χ1n) is 9.73. The van der Waals surface area contributed by atoms with Crippen LogP contribution in [0.15, 0.2) is 36.7 Å². The standard InChI is InChI=1S/C21H23N3O4/c1-14-10-22-11-19(23-14)27-16-6-7-26-21(9-16)12-24(13-21)20(25)18-8-15-4-2-3-5-17(15)28-18/h2-5,10-11,16,18H,6-9,12-13H2,1H3/t16-,18+/m1/s1. The lowest BCUT2D eigenvalue weighted by Crippen LogP contribution is -2.69. The Morgan fingerprint density at radius 1 is 1.29 bits per heavy atom. The Kier molecular flexibility index (Phi) is 4.19. The monoisotopic (exact) mass is 381 g/mol. The van der Waals surface area contributed by atoms with Gasteiger partial charge >= 0.3 is 0 Å². The molecule has 0 radical (unpaired) electrons. The van der Waals surface area contributed by atoms with Gasteiger partial charge in [-0.25, -0.2) is 4.98 Å². The number of fused-ring (bicyclic) bond motifs is 1. The fourth-order valence-corrected chi connectivity index (χ4v) is 4.30. The third-order valence-electron chi connectivity index (χ3n) is 5.66. The third kappa shape index (κ3) is 3.20. The molecule has 3 aliphatic heterocycles. The molecular weight excluding hydrogens is 358 g/mol. The van der Waals surface area contributed by atoms with E-state index in [9.17, 15) is 4.79 Å². The Morgan fingerprint density at radius 3 is 2.96 bits per heavy atom. The summed E-state index contributed by atoms with van der Waals surface area (Å²) in [5.41, 5.74) is 1.61. The van der Waals surface area contributed by atoms with Gasteiger partial charge in [0.1, 0.15) is 17.5 Å². The number of ether oxygens (including phenoxy) is 3. The Hall–Kier alpha value is -2.67. The van der Waals surface area contributed by atoms with Gasteiger partial charge in [-0.15, -0.1) is 0 Å². The van der Waals surface area contributed by atoms with Crippen molar-refractivity contribution in [2.45, 2.75) is 44.0 Å². The fourth-order valence-electron chi connectivity index (χ4n) is 4.30. The number of aryl methyl sites for hydroxylation is 1. The number of aromatic nitrogens is 2. The number of hydrogen-bond acceptors (Lipinski definition) is 6. The maximum absolute atomic E-state index is 12.8. The molecule has 2 fully saturated rings. The van der Waals surface area contributed by atoms with E-state index in [1.807, 2.05) is 36.1 Å². The van der Waals surface area contributed by atoms with Crippen molar-refractivity contribution in [2.75, 3.05) is 19.7 Å². The first kappa shape index (κ1) is 17.4. The minimum absolute atomic E-state index is 0.0223. The lowest BCUT2D eigenvalue weighted by molar-refractivity contribution is -0.196. The van der Waals surface area contributed by atoms with Crippen LogP contribution < -0.4 is 9.47 Å². The number of benzene rings is 1. The zero-order valence-electron chi connectivity index (χ0n) is 15.8. The summed E-state index contributed by atoms with van der Waals surface area (Å²) in [6.07, 6.45) is 5.14. The van der Waals surface area contributed by atoms with Crippen LogP contribution in [-0.4, -0.2) is 58.3 Å². The molecule has 7 nitrogen and oxygen atoms in total. The minimum Gasteiger partial charge on any atom is -0.480 e. The number of likely N-dealkylation sites (tertiary alicyclic amines) is 1. The predicted octanol–water partition coefficient (Wildman–Crippen LogP) is 1.93. The third-order valence-corrected chi connectivity index (χ3v) is 5.66. The van der Waals surface area contributed by atoms with E-state index < -0.39 is 6.10 Å². The van der Waals surface area contributed by atoms with Crippen molar-refractivity contribution in [2.24, 2.45) is 0 Å². The molecule has 4 heterocycles. The second-order valence-electron chi connectivity index (χ2n) is 7.88. The first-order valence-corrected chi connectivity index (χ1v) is 9.73. The van der Waals surface area contributed by atoms with Gasteiger partial charge in [0.05, 0.1) is 31.6 Å². The van der Waals surface area contributed by atoms with Crippen molar-refractivity contribution >= 4 is 5.91 Å². The molecule has 0 aliphatic carbocycles. The molecule has 1 spiro atoms. The molecule has 2 atom stereocenters. The molecule has 1 aromatic heterocycles. The van der Waals surface area contributed by atoms with Crippen molar-refractivity contribution in [3.63, 3.8) is 0 Å². The second kappa shape index (κ2) is 6.74. The average molecular weight is 381 g/mol. The molecule has 0 saturated carbocycles. The largest absolute Gasteiger partial charge is 0.480 e. The van der Waals surface area contributed by atoms with Gasteiger partial charge in [0, 0.05) is 25.5 Å². The van der Waals surface area contributed by atoms with E-state index in [1.165, 1.54) is 0 Å².